The van der Waals surface area contributed by atoms with Crippen molar-refractivity contribution in [3.63, 3.8) is 0 Å². The molecule has 0 atom stereocenters. The molecule has 0 radical (unpaired) electrons. The molecule has 1 heterocycles. The minimum absolute atomic E-state index is 0.243. The zero-order chi connectivity index (χ0) is 15.5. The second-order valence-electron chi connectivity index (χ2n) is 6.44. The van der Waals surface area contributed by atoms with Crippen molar-refractivity contribution in [3.8, 4) is 0 Å². The average Bonchev–Trinajstić information content (AvgIpc) is 2.42. The minimum atomic E-state index is -0.467. The predicted octanol–water partition coefficient (Wildman–Crippen LogP) is 3.48. The highest BCUT2D eigenvalue weighted by Gasteiger charge is 2.28. The van der Waals surface area contributed by atoms with Gasteiger partial charge in [-0.1, -0.05) is 25.1 Å². The van der Waals surface area contributed by atoms with E-state index in [2.05, 4.69) is 30.4 Å². The van der Waals surface area contributed by atoms with Crippen molar-refractivity contribution in [3.05, 3.63) is 29.3 Å². The van der Waals surface area contributed by atoms with Crippen LogP contribution in [0.4, 0.5) is 10.5 Å². The fraction of sp³-hybridized carbons (Fsp3) is 0.588. The molecule has 2 rings (SSSR count). The summed E-state index contributed by atoms with van der Waals surface area (Å²) in [6.07, 6.45) is 1.76. The number of ether oxygens (including phenoxy) is 1. The Morgan fingerprint density at radius 1 is 1.38 bits per heavy atom. The Hall–Kier alpha value is -1.55. The Balaban J connectivity index is 2.30. The quantitative estimate of drug-likeness (QED) is 0.926. The Morgan fingerprint density at radius 3 is 2.81 bits per heavy atom. The maximum atomic E-state index is 12.5. The molecule has 0 saturated carbocycles. The summed E-state index contributed by atoms with van der Waals surface area (Å²) in [6.45, 7) is 10.2. The smallest absolute Gasteiger partial charge is 0.414 e. The number of nitrogens with zero attached hydrogens (tertiary/aromatic N) is 1. The van der Waals surface area contributed by atoms with E-state index >= 15 is 0 Å². The molecule has 0 spiro atoms. The second kappa shape index (κ2) is 6.48. The van der Waals surface area contributed by atoms with E-state index in [1.807, 2.05) is 20.8 Å². The van der Waals surface area contributed by atoms with Gasteiger partial charge in [0.2, 0.25) is 0 Å². The van der Waals surface area contributed by atoms with Gasteiger partial charge < -0.3 is 10.1 Å². The van der Waals surface area contributed by atoms with Gasteiger partial charge in [-0.3, -0.25) is 4.90 Å². The van der Waals surface area contributed by atoms with Crippen molar-refractivity contribution < 1.29 is 9.53 Å². The normalized spacial score (nSPS) is 14.8. The van der Waals surface area contributed by atoms with Crippen LogP contribution in [0, 0.1) is 0 Å². The third-order valence-electron chi connectivity index (χ3n) is 3.48. The van der Waals surface area contributed by atoms with Gasteiger partial charge in [0.15, 0.2) is 0 Å². The molecule has 0 fully saturated rings. The molecular formula is C17H26N2O2. The number of amides is 1. The van der Waals surface area contributed by atoms with Gasteiger partial charge in [0.05, 0.1) is 5.69 Å². The molecule has 4 nitrogen and oxygen atoms in total. The first-order valence-corrected chi connectivity index (χ1v) is 7.74. The highest BCUT2D eigenvalue weighted by Crippen LogP contribution is 2.32. The van der Waals surface area contributed by atoms with Crippen molar-refractivity contribution >= 4 is 11.8 Å². The van der Waals surface area contributed by atoms with Crippen LogP contribution in [0.5, 0.6) is 0 Å². The lowest BCUT2D eigenvalue weighted by molar-refractivity contribution is 0.0577. The highest BCUT2D eigenvalue weighted by atomic mass is 16.6. The molecule has 1 aliphatic heterocycles. The molecule has 1 aliphatic rings. The third-order valence-corrected chi connectivity index (χ3v) is 3.48. The molecule has 1 aromatic rings. The molecular weight excluding hydrogens is 264 g/mol. The number of nitrogens with one attached hydrogen (secondary N) is 1. The monoisotopic (exact) mass is 290 g/mol. The van der Waals surface area contributed by atoms with Crippen LogP contribution in [0.15, 0.2) is 18.2 Å². The summed E-state index contributed by atoms with van der Waals surface area (Å²) in [4.78, 5) is 14.3. The van der Waals surface area contributed by atoms with E-state index in [4.69, 9.17) is 4.74 Å². The van der Waals surface area contributed by atoms with Gasteiger partial charge in [0.25, 0.3) is 0 Å². The number of rotatable bonds is 3. The van der Waals surface area contributed by atoms with Gasteiger partial charge >= 0.3 is 6.09 Å². The average molecular weight is 290 g/mol. The van der Waals surface area contributed by atoms with Crippen LogP contribution in [-0.2, 0) is 17.7 Å². The summed E-state index contributed by atoms with van der Waals surface area (Å²) in [7, 11) is 0. The first-order valence-electron chi connectivity index (χ1n) is 7.74. The summed E-state index contributed by atoms with van der Waals surface area (Å²) >= 11 is 0. The molecule has 0 unspecified atom stereocenters. The number of para-hydroxylation sites is 1. The highest BCUT2D eigenvalue weighted by molar-refractivity contribution is 5.90. The van der Waals surface area contributed by atoms with Crippen molar-refractivity contribution in [1.82, 2.24) is 5.32 Å². The number of carbonyl (C=O) groups excluding carboxylic acids is 1. The topological polar surface area (TPSA) is 41.6 Å². The minimum Gasteiger partial charge on any atom is -0.443 e. The summed E-state index contributed by atoms with van der Waals surface area (Å²) in [5, 5.41) is 3.34. The Labute approximate surface area is 127 Å². The van der Waals surface area contributed by atoms with E-state index < -0.39 is 5.60 Å². The van der Waals surface area contributed by atoms with E-state index in [0.29, 0.717) is 0 Å². The van der Waals surface area contributed by atoms with Gasteiger partial charge in [0, 0.05) is 13.1 Å². The lowest BCUT2D eigenvalue weighted by Crippen LogP contribution is -2.40. The van der Waals surface area contributed by atoms with Crippen LogP contribution in [0.25, 0.3) is 0 Å². The zero-order valence-electron chi connectivity index (χ0n) is 13.5. The molecule has 0 aliphatic carbocycles. The van der Waals surface area contributed by atoms with E-state index in [0.717, 1.165) is 38.2 Å². The number of anilines is 1. The third kappa shape index (κ3) is 3.97. The van der Waals surface area contributed by atoms with Crippen molar-refractivity contribution in [1.29, 1.82) is 0 Å². The first kappa shape index (κ1) is 15.8. The van der Waals surface area contributed by atoms with Crippen molar-refractivity contribution in [2.75, 3.05) is 18.0 Å². The number of aryl methyl sites for hydroxylation is 1. The summed E-state index contributed by atoms with van der Waals surface area (Å²) < 4.78 is 5.56. The lowest BCUT2D eigenvalue weighted by Gasteiger charge is -2.33. The van der Waals surface area contributed by atoms with E-state index in [-0.39, 0.29) is 6.09 Å². The zero-order valence-corrected chi connectivity index (χ0v) is 13.5. The number of benzene rings is 1. The van der Waals surface area contributed by atoms with E-state index in [9.17, 15) is 4.79 Å². The van der Waals surface area contributed by atoms with Gasteiger partial charge in [-0.15, -0.1) is 0 Å². The maximum Gasteiger partial charge on any atom is 0.414 e. The van der Waals surface area contributed by atoms with Crippen LogP contribution < -0.4 is 10.2 Å². The SMILES string of the molecule is CCNCc1cccc2c1N(C(=O)OC(C)(C)C)CCC2. The fourth-order valence-corrected chi connectivity index (χ4v) is 2.63. The van der Waals surface area contributed by atoms with E-state index in [1.54, 1.807) is 4.90 Å². The molecule has 0 saturated heterocycles. The van der Waals surface area contributed by atoms with Gasteiger partial charge in [-0.05, 0) is 51.3 Å². The number of carbonyl (C=O) groups is 1. The van der Waals surface area contributed by atoms with Crippen molar-refractivity contribution in [2.45, 2.75) is 52.7 Å². The molecule has 116 valence electrons. The van der Waals surface area contributed by atoms with Gasteiger partial charge in [-0.25, -0.2) is 4.79 Å². The molecule has 0 bridgehead atoms. The lowest BCUT2D eigenvalue weighted by atomic mass is 9.98. The van der Waals surface area contributed by atoms with Crippen molar-refractivity contribution in [2.24, 2.45) is 0 Å². The van der Waals surface area contributed by atoms with Crippen LogP contribution in [0.2, 0.25) is 0 Å². The van der Waals surface area contributed by atoms with Crippen LogP contribution in [-0.4, -0.2) is 24.8 Å². The Morgan fingerprint density at radius 2 is 2.14 bits per heavy atom. The molecule has 1 aromatic carbocycles. The summed E-state index contributed by atoms with van der Waals surface area (Å²) in [5.74, 6) is 0. The number of fused-ring (bicyclic) bond motifs is 1. The van der Waals surface area contributed by atoms with Crippen LogP contribution >= 0.6 is 0 Å². The van der Waals surface area contributed by atoms with Gasteiger partial charge in [0.1, 0.15) is 5.60 Å². The first-order chi connectivity index (χ1) is 9.92. The molecule has 21 heavy (non-hydrogen) atoms. The largest absolute Gasteiger partial charge is 0.443 e. The Bertz CT molecular complexity index is 506. The van der Waals surface area contributed by atoms with Crippen LogP contribution in [0.3, 0.4) is 0 Å². The Kier molecular flexibility index (Phi) is 4.88. The number of hydrogen-bond donors (Lipinski definition) is 1. The molecule has 4 heteroatoms. The summed E-state index contributed by atoms with van der Waals surface area (Å²) in [5.41, 5.74) is 2.98. The number of hydrogen-bond acceptors (Lipinski definition) is 3. The van der Waals surface area contributed by atoms with Gasteiger partial charge in [-0.2, -0.15) is 0 Å². The predicted molar refractivity (Wildman–Crippen MR) is 85.7 cm³/mol. The van der Waals surface area contributed by atoms with E-state index in [1.165, 1.54) is 11.1 Å². The van der Waals surface area contributed by atoms with Crippen LogP contribution in [0.1, 0.15) is 45.2 Å². The molecule has 0 aromatic heterocycles. The second-order valence-corrected chi connectivity index (χ2v) is 6.44. The fourth-order valence-electron chi connectivity index (χ4n) is 2.63. The standard InChI is InChI=1S/C17H26N2O2/c1-5-18-12-14-9-6-8-13-10-7-11-19(15(13)14)16(20)21-17(2,3)4/h6,8-9,18H,5,7,10-12H2,1-4H3. The molecule has 1 amide bonds. The maximum absolute atomic E-state index is 12.5. The summed E-state index contributed by atoms with van der Waals surface area (Å²) in [6, 6.07) is 6.27. The molecule has 1 N–H and O–H groups in total.